The van der Waals surface area contributed by atoms with Crippen molar-refractivity contribution >= 4 is 17.5 Å². The summed E-state index contributed by atoms with van der Waals surface area (Å²) in [5, 5.41) is 12.6. The molecule has 1 fully saturated rings. The Morgan fingerprint density at radius 1 is 1.16 bits per heavy atom. The van der Waals surface area contributed by atoms with Gasteiger partial charge in [0, 0.05) is 12.5 Å². The summed E-state index contributed by atoms with van der Waals surface area (Å²) in [5.74, 6) is -0.469. The average Bonchev–Trinajstić information content (AvgIpc) is 2.76. The van der Waals surface area contributed by atoms with Crippen molar-refractivity contribution in [2.45, 2.75) is 32.7 Å². The molecule has 3 rings (SSSR count). The molecule has 2 aromatic carbocycles. The van der Waals surface area contributed by atoms with Gasteiger partial charge in [-0.25, -0.2) is 4.39 Å². The van der Waals surface area contributed by atoms with Crippen LogP contribution in [0.5, 0.6) is 5.75 Å². The minimum atomic E-state index is -0.292. The number of nitrogens with one attached hydrogen (secondary N) is 1. The molecule has 0 aliphatic carbocycles. The summed E-state index contributed by atoms with van der Waals surface area (Å²) < 4.78 is 13.2. The van der Waals surface area contributed by atoms with Crippen LogP contribution in [0, 0.1) is 11.7 Å². The highest BCUT2D eigenvalue weighted by Crippen LogP contribution is 2.25. The van der Waals surface area contributed by atoms with Crippen LogP contribution in [-0.4, -0.2) is 52.9 Å². The molecule has 166 valence electrons. The van der Waals surface area contributed by atoms with Crippen molar-refractivity contribution in [2.24, 2.45) is 5.92 Å². The number of likely N-dealkylation sites (N-methyl/N-ethyl adjacent to an activating group) is 1. The van der Waals surface area contributed by atoms with Crippen LogP contribution in [0.25, 0.3) is 0 Å². The Bertz CT molecular complexity index is 895. The maximum Gasteiger partial charge on any atom is 0.237 e. The lowest BCUT2D eigenvalue weighted by Crippen LogP contribution is -2.45. The number of anilines is 1. The zero-order valence-corrected chi connectivity index (χ0v) is 18.1. The van der Waals surface area contributed by atoms with Crippen LogP contribution < -0.4 is 5.32 Å². The molecular formula is C24H30FN3O3. The SMILES string of the molecule is CCN(C(=O)CN1CCC(C(=O)Nc2ccccc2O)CC1)C(C)c1ccc(F)cc1. The van der Waals surface area contributed by atoms with Crippen molar-refractivity contribution < 1.29 is 19.1 Å². The second kappa shape index (κ2) is 10.4. The summed E-state index contributed by atoms with van der Waals surface area (Å²) in [6.07, 6.45) is 1.32. The number of halogens is 1. The lowest BCUT2D eigenvalue weighted by molar-refractivity contribution is -0.134. The predicted molar refractivity (Wildman–Crippen MR) is 118 cm³/mol. The van der Waals surface area contributed by atoms with Crippen molar-refractivity contribution in [2.75, 3.05) is 31.5 Å². The Hall–Kier alpha value is -2.93. The molecule has 1 aliphatic heterocycles. The number of hydrogen-bond donors (Lipinski definition) is 2. The minimum Gasteiger partial charge on any atom is -0.506 e. The molecule has 0 bridgehead atoms. The number of aromatic hydroxyl groups is 1. The fraction of sp³-hybridized carbons (Fsp3) is 0.417. The first kappa shape index (κ1) is 22.7. The standard InChI is InChI=1S/C24H30FN3O3/c1-3-28(17(2)18-8-10-20(25)11-9-18)23(30)16-27-14-12-19(13-15-27)24(31)26-21-6-4-5-7-22(21)29/h4-11,17,19,29H,3,12-16H2,1-2H3,(H,26,31). The minimum absolute atomic E-state index is 0.0245. The van der Waals surface area contributed by atoms with Gasteiger partial charge in [-0.3, -0.25) is 14.5 Å². The molecule has 2 amide bonds. The van der Waals surface area contributed by atoms with E-state index in [-0.39, 0.29) is 35.3 Å². The number of para-hydroxylation sites is 2. The van der Waals surface area contributed by atoms with E-state index in [2.05, 4.69) is 10.2 Å². The van der Waals surface area contributed by atoms with Gasteiger partial charge >= 0.3 is 0 Å². The highest BCUT2D eigenvalue weighted by molar-refractivity contribution is 5.93. The summed E-state index contributed by atoms with van der Waals surface area (Å²) in [5.41, 5.74) is 1.31. The highest BCUT2D eigenvalue weighted by atomic mass is 19.1. The van der Waals surface area contributed by atoms with Crippen LogP contribution in [0.4, 0.5) is 10.1 Å². The van der Waals surface area contributed by atoms with Crippen molar-refractivity contribution in [1.29, 1.82) is 0 Å². The van der Waals surface area contributed by atoms with E-state index in [1.165, 1.54) is 18.2 Å². The number of rotatable bonds is 7. The zero-order chi connectivity index (χ0) is 22.4. The summed E-state index contributed by atoms with van der Waals surface area (Å²) in [4.78, 5) is 29.3. The summed E-state index contributed by atoms with van der Waals surface area (Å²) in [6.45, 7) is 6.07. The Labute approximate surface area is 182 Å². The van der Waals surface area contributed by atoms with Gasteiger partial charge in [0.05, 0.1) is 18.3 Å². The number of phenols is 1. The quantitative estimate of drug-likeness (QED) is 0.660. The van der Waals surface area contributed by atoms with E-state index >= 15 is 0 Å². The van der Waals surface area contributed by atoms with Gasteiger partial charge in [-0.2, -0.15) is 0 Å². The molecule has 1 atom stereocenters. The lowest BCUT2D eigenvalue weighted by Gasteiger charge is -2.34. The van der Waals surface area contributed by atoms with E-state index in [1.807, 2.05) is 13.8 Å². The molecule has 6 nitrogen and oxygen atoms in total. The molecule has 0 aromatic heterocycles. The summed E-state index contributed by atoms with van der Waals surface area (Å²) in [6, 6.07) is 12.8. The molecule has 7 heteroatoms. The third-order valence-corrected chi connectivity index (χ3v) is 5.96. The number of phenolic OH excluding ortho intramolecular Hbond substituents is 1. The molecule has 1 heterocycles. The molecular weight excluding hydrogens is 397 g/mol. The first-order valence-electron chi connectivity index (χ1n) is 10.7. The largest absolute Gasteiger partial charge is 0.506 e. The number of likely N-dealkylation sites (tertiary alicyclic amines) is 1. The first-order valence-corrected chi connectivity index (χ1v) is 10.7. The van der Waals surface area contributed by atoms with Gasteiger partial charge in [0.2, 0.25) is 11.8 Å². The van der Waals surface area contributed by atoms with Gasteiger partial charge in [-0.1, -0.05) is 24.3 Å². The van der Waals surface area contributed by atoms with Crippen LogP contribution in [-0.2, 0) is 9.59 Å². The van der Waals surface area contributed by atoms with Crippen molar-refractivity contribution in [1.82, 2.24) is 9.80 Å². The molecule has 1 unspecified atom stereocenters. The number of carbonyl (C=O) groups excluding carboxylic acids is 2. The van der Waals surface area contributed by atoms with Gasteiger partial charge in [-0.15, -0.1) is 0 Å². The Morgan fingerprint density at radius 2 is 1.81 bits per heavy atom. The summed E-state index contributed by atoms with van der Waals surface area (Å²) in [7, 11) is 0. The van der Waals surface area contributed by atoms with E-state index in [9.17, 15) is 19.1 Å². The van der Waals surface area contributed by atoms with Crippen molar-refractivity contribution in [3.05, 3.63) is 59.9 Å². The van der Waals surface area contributed by atoms with Gasteiger partial charge in [0.15, 0.2) is 0 Å². The third-order valence-electron chi connectivity index (χ3n) is 5.96. The first-order chi connectivity index (χ1) is 14.9. The van der Waals surface area contributed by atoms with Crippen LogP contribution in [0.3, 0.4) is 0 Å². The highest BCUT2D eigenvalue weighted by Gasteiger charge is 2.28. The topological polar surface area (TPSA) is 72.9 Å². The lowest BCUT2D eigenvalue weighted by atomic mass is 9.95. The van der Waals surface area contributed by atoms with Gasteiger partial charge in [-0.05, 0) is 69.6 Å². The van der Waals surface area contributed by atoms with Crippen molar-refractivity contribution in [3.8, 4) is 5.75 Å². The van der Waals surface area contributed by atoms with Crippen LogP contribution in [0.15, 0.2) is 48.5 Å². The molecule has 1 aliphatic rings. The maximum absolute atomic E-state index is 13.2. The van der Waals surface area contributed by atoms with E-state index < -0.39 is 0 Å². The van der Waals surface area contributed by atoms with E-state index in [4.69, 9.17) is 0 Å². The second-order valence-corrected chi connectivity index (χ2v) is 7.96. The second-order valence-electron chi connectivity index (χ2n) is 7.96. The number of carbonyl (C=O) groups is 2. The number of nitrogens with zero attached hydrogens (tertiary/aromatic N) is 2. The third kappa shape index (κ3) is 5.82. The molecule has 2 N–H and O–H groups in total. The van der Waals surface area contributed by atoms with Crippen LogP contribution >= 0.6 is 0 Å². The van der Waals surface area contributed by atoms with Gasteiger partial charge < -0.3 is 15.3 Å². The normalized spacial score (nSPS) is 16.0. The molecule has 2 aromatic rings. The van der Waals surface area contributed by atoms with Crippen molar-refractivity contribution in [3.63, 3.8) is 0 Å². The monoisotopic (exact) mass is 427 g/mol. The summed E-state index contributed by atoms with van der Waals surface area (Å²) >= 11 is 0. The Kier molecular flexibility index (Phi) is 7.63. The van der Waals surface area contributed by atoms with Crippen LogP contribution in [0.1, 0.15) is 38.3 Å². The molecule has 1 saturated heterocycles. The van der Waals surface area contributed by atoms with E-state index in [1.54, 1.807) is 35.2 Å². The van der Waals surface area contributed by atoms with Gasteiger partial charge in [0.25, 0.3) is 0 Å². The van der Waals surface area contributed by atoms with E-state index in [0.717, 1.165) is 5.56 Å². The number of hydrogen-bond acceptors (Lipinski definition) is 4. The Morgan fingerprint density at radius 3 is 2.42 bits per heavy atom. The fourth-order valence-electron chi connectivity index (χ4n) is 4.04. The van der Waals surface area contributed by atoms with E-state index in [0.29, 0.717) is 44.7 Å². The zero-order valence-electron chi connectivity index (χ0n) is 18.1. The smallest absolute Gasteiger partial charge is 0.237 e. The number of benzene rings is 2. The fourth-order valence-corrected chi connectivity index (χ4v) is 4.04. The molecule has 0 spiro atoms. The average molecular weight is 428 g/mol. The maximum atomic E-state index is 13.2. The Balaban J connectivity index is 1.51. The molecule has 0 saturated carbocycles. The van der Waals surface area contributed by atoms with Crippen LogP contribution in [0.2, 0.25) is 0 Å². The number of amides is 2. The number of piperidine rings is 1. The molecule has 0 radical (unpaired) electrons. The van der Waals surface area contributed by atoms with Gasteiger partial charge in [0.1, 0.15) is 11.6 Å². The molecule has 31 heavy (non-hydrogen) atoms. The predicted octanol–water partition coefficient (Wildman–Crippen LogP) is 3.79.